The van der Waals surface area contributed by atoms with Crippen molar-refractivity contribution in [3.8, 4) is 0 Å². The van der Waals surface area contributed by atoms with Crippen LogP contribution in [0.3, 0.4) is 0 Å². The standard InChI is InChI=1S/C15H32N2O2S/c1-4-10-16-11-5-6-12-20(18,19)17-15-9-7-8-13(2)14(15)3/h13-17H,4-12H2,1-3H3. The van der Waals surface area contributed by atoms with Crippen LogP contribution in [0.15, 0.2) is 0 Å². The van der Waals surface area contributed by atoms with Gasteiger partial charge in [-0.3, -0.25) is 0 Å². The lowest BCUT2D eigenvalue weighted by Crippen LogP contribution is -2.44. The molecule has 5 heteroatoms. The maximum atomic E-state index is 12.1. The summed E-state index contributed by atoms with van der Waals surface area (Å²) in [5, 5.41) is 3.30. The largest absolute Gasteiger partial charge is 0.317 e. The van der Waals surface area contributed by atoms with E-state index in [1.54, 1.807) is 0 Å². The summed E-state index contributed by atoms with van der Waals surface area (Å²) in [5.41, 5.74) is 0. The van der Waals surface area contributed by atoms with Gasteiger partial charge in [-0.25, -0.2) is 13.1 Å². The molecule has 0 aromatic carbocycles. The first-order valence-corrected chi connectivity index (χ1v) is 9.82. The molecule has 120 valence electrons. The number of rotatable bonds is 9. The van der Waals surface area contributed by atoms with Gasteiger partial charge in [0.2, 0.25) is 10.0 Å². The molecule has 1 aliphatic rings. The molecule has 20 heavy (non-hydrogen) atoms. The first kappa shape index (κ1) is 17.9. The smallest absolute Gasteiger partial charge is 0.211 e. The Morgan fingerprint density at radius 1 is 1.10 bits per heavy atom. The Balaban J connectivity index is 2.26. The van der Waals surface area contributed by atoms with Crippen molar-refractivity contribution >= 4 is 10.0 Å². The van der Waals surface area contributed by atoms with Crippen LogP contribution in [0.5, 0.6) is 0 Å². The Morgan fingerprint density at radius 2 is 1.85 bits per heavy atom. The van der Waals surface area contributed by atoms with Crippen LogP contribution in [0.25, 0.3) is 0 Å². The van der Waals surface area contributed by atoms with Crippen LogP contribution in [0, 0.1) is 11.8 Å². The molecule has 0 heterocycles. The number of hydrogen-bond donors (Lipinski definition) is 2. The molecule has 0 amide bonds. The highest BCUT2D eigenvalue weighted by Crippen LogP contribution is 2.29. The van der Waals surface area contributed by atoms with Crippen LogP contribution in [0.1, 0.15) is 59.3 Å². The van der Waals surface area contributed by atoms with Gasteiger partial charge in [-0.2, -0.15) is 0 Å². The van der Waals surface area contributed by atoms with Crippen molar-refractivity contribution < 1.29 is 8.42 Å². The molecule has 0 aromatic heterocycles. The molecular formula is C15H32N2O2S. The van der Waals surface area contributed by atoms with Gasteiger partial charge in [0.15, 0.2) is 0 Å². The van der Waals surface area contributed by atoms with E-state index in [1.165, 1.54) is 6.42 Å². The van der Waals surface area contributed by atoms with E-state index in [2.05, 4.69) is 30.8 Å². The molecule has 4 nitrogen and oxygen atoms in total. The van der Waals surface area contributed by atoms with Crippen LogP contribution in [0.4, 0.5) is 0 Å². The predicted molar refractivity (Wildman–Crippen MR) is 85.3 cm³/mol. The van der Waals surface area contributed by atoms with E-state index in [-0.39, 0.29) is 11.8 Å². The van der Waals surface area contributed by atoms with E-state index in [4.69, 9.17) is 0 Å². The highest BCUT2D eigenvalue weighted by atomic mass is 32.2. The monoisotopic (exact) mass is 304 g/mol. The van der Waals surface area contributed by atoms with E-state index >= 15 is 0 Å². The summed E-state index contributed by atoms with van der Waals surface area (Å²) in [4.78, 5) is 0. The fourth-order valence-electron chi connectivity index (χ4n) is 2.88. The van der Waals surface area contributed by atoms with Crippen molar-refractivity contribution in [1.29, 1.82) is 0 Å². The third-order valence-electron chi connectivity index (χ3n) is 4.48. The van der Waals surface area contributed by atoms with Crippen molar-refractivity contribution in [2.24, 2.45) is 11.8 Å². The summed E-state index contributed by atoms with van der Waals surface area (Å²) in [6.45, 7) is 8.46. The molecule has 0 saturated heterocycles. The second-order valence-corrected chi connectivity index (χ2v) is 8.14. The summed E-state index contributed by atoms with van der Waals surface area (Å²) in [6.07, 6.45) is 6.14. The third-order valence-corrected chi connectivity index (χ3v) is 5.97. The first-order chi connectivity index (χ1) is 9.46. The van der Waals surface area contributed by atoms with Gasteiger partial charge < -0.3 is 5.32 Å². The maximum Gasteiger partial charge on any atom is 0.211 e. The minimum atomic E-state index is -3.11. The summed E-state index contributed by atoms with van der Waals surface area (Å²) < 4.78 is 27.1. The Hall–Kier alpha value is -0.130. The highest BCUT2D eigenvalue weighted by Gasteiger charge is 2.29. The van der Waals surface area contributed by atoms with Gasteiger partial charge in [-0.15, -0.1) is 0 Å². The van der Waals surface area contributed by atoms with E-state index in [9.17, 15) is 8.42 Å². The molecule has 1 rings (SSSR count). The zero-order valence-corrected chi connectivity index (χ0v) is 14.1. The summed E-state index contributed by atoms with van der Waals surface area (Å²) in [5.74, 6) is 1.33. The molecular weight excluding hydrogens is 272 g/mol. The van der Waals surface area contributed by atoms with Crippen LogP contribution in [0.2, 0.25) is 0 Å². The molecule has 0 radical (unpaired) electrons. The zero-order chi connectivity index (χ0) is 15.0. The minimum Gasteiger partial charge on any atom is -0.317 e. The Labute approximate surface area is 125 Å². The second kappa shape index (κ2) is 9.00. The van der Waals surface area contributed by atoms with Crippen LogP contribution in [-0.4, -0.2) is 33.3 Å². The molecule has 3 atom stereocenters. The molecule has 0 spiro atoms. The molecule has 0 aromatic rings. The van der Waals surface area contributed by atoms with E-state index in [1.807, 2.05) is 0 Å². The lowest BCUT2D eigenvalue weighted by Gasteiger charge is -2.34. The fourth-order valence-corrected chi connectivity index (χ4v) is 4.38. The van der Waals surface area contributed by atoms with Gasteiger partial charge in [0.25, 0.3) is 0 Å². The van der Waals surface area contributed by atoms with Gasteiger partial charge in [0, 0.05) is 6.04 Å². The van der Waals surface area contributed by atoms with E-state index in [0.29, 0.717) is 11.8 Å². The van der Waals surface area contributed by atoms with Crippen molar-refractivity contribution in [2.75, 3.05) is 18.8 Å². The zero-order valence-electron chi connectivity index (χ0n) is 13.3. The van der Waals surface area contributed by atoms with E-state index < -0.39 is 10.0 Å². The lowest BCUT2D eigenvalue weighted by molar-refractivity contribution is 0.227. The predicted octanol–water partition coefficient (Wildman–Crippen LogP) is 2.51. The van der Waals surface area contributed by atoms with Gasteiger partial charge in [-0.05, 0) is 50.6 Å². The summed E-state index contributed by atoms with van der Waals surface area (Å²) >= 11 is 0. The average molecular weight is 304 g/mol. The van der Waals surface area contributed by atoms with E-state index in [0.717, 1.165) is 45.2 Å². The van der Waals surface area contributed by atoms with Crippen molar-refractivity contribution in [3.63, 3.8) is 0 Å². The SMILES string of the molecule is CCCNCCCCS(=O)(=O)NC1CCCC(C)C1C. The molecule has 1 fully saturated rings. The second-order valence-electron chi connectivity index (χ2n) is 6.27. The highest BCUT2D eigenvalue weighted by molar-refractivity contribution is 7.89. The van der Waals surface area contributed by atoms with Crippen molar-refractivity contribution in [1.82, 2.24) is 10.0 Å². The van der Waals surface area contributed by atoms with Crippen LogP contribution < -0.4 is 10.0 Å². The Morgan fingerprint density at radius 3 is 2.55 bits per heavy atom. The molecule has 0 aliphatic heterocycles. The fraction of sp³-hybridized carbons (Fsp3) is 1.00. The average Bonchev–Trinajstić information content (AvgIpc) is 2.39. The van der Waals surface area contributed by atoms with Crippen LogP contribution >= 0.6 is 0 Å². The number of unbranched alkanes of at least 4 members (excludes halogenated alkanes) is 1. The molecule has 1 saturated carbocycles. The van der Waals surface area contributed by atoms with Gasteiger partial charge in [0.1, 0.15) is 0 Å². The number of nitrogens with one attached hydrogen (secondary N) is 2. The third kappa shape index (κ3) is 6.55. The maximum absolute atomic E-state index is 12.1. The molecule has 3 unspecified atom stereocenters. The lowest BCUT2D eigenvalue weighted by atomic mass is 9.78. The number of sulfonamides is 1. The molecule has 1 aliphatic carbocycles. The van der Waals surface area contributed by atoms with Crippen LogP contribution in [-0.2, 0) is 10.0 Å². The normalized spacial score (nSPS) is 27.6. The van der Waals surface area contributed by atoms with Gasteiger partial charge in [0.05, 0.1) is 5.75 Å². The number of hydrogen-bond acceptors (Lipinski definition) is 3. The molecule has 2 N–H and O–H groups in total. The van der Waals surface area contributed by atoms with Crippen molar-refractivity contribution in [2.45, 2.75) is 65.3 Å². The quantitative estimate of drug-likeness (QED) is 0.644. The summed E-state index contributed by atoms with van der Waals surface area (Å²) in [6, 6.07) is 0.141. The topological polar surface area (TPSA) is 58.2 Å². The minimum absolute atomic E-state index is 0.141. The molecule has 0 bridgehead atoms. The van der Waals surface area contributed by atoms with Gasteiger partial charge in [-0.1, -0.05) is 33.6 Å². The Bertz CT molecular complexity index is 357. The van der Waals surface area contributed by atoms with Gasteiger partial charge >= 0.3 is 0 Å². The van der Waals surface area contributed by atoms with Crippen molar-refractivity contribution in [3.05, 3.63) is 0 Å². The summed E-state index contributed by atoms with van der Waals surface area (Å²) in [7, 11) is -3.11. The Kier molecular flexibility index (Phi) is 8.07. The first-order valence-electron chi connectivity index (χ1n) is 8.17.